The first-order valence-corrected chi connectivity index (χ1v) is 5.29. The highest BCUT2D eigenvalue weighted by atomic mass is 19.1. The minimum Gasteiger partial charge on any atom is -0.294 e. The summed E-state index contributed by atoms with van der Waals surface area (Å²) < 4.78 is 39.4. The van der Waals surface area contributed by atoms with E-state index in [4.69, 9.17) is 0 Å². The first-order valence-electron chi connectivity index (χ1n) is 5.29. The van der Waals surface area contributed by atoms with Crippen molar-refractivity contribution in [1.82, 2.24) is 0 Å². The van der Waals surface area contributed by atoms with Crippen LogP contribution in [0.1, 0.15) is 15.9 Å². The number of hydrogen-bond acceptors (Lipinski definition) is 1. The molecule has 0 N–H and O–H groups in total. The molecule has 0 aliphatic carbocycles. The zero-order chi connectivity index (χ0) is 13.1. The van der Waals surface area contributed by atoms with E-state index in [-0.39, 0.29) is 17.5 Å². The van der Waals surface area contributed by atoms with E-state index >= 15 is 0 Å². The molecule has 0 heterocycles. The van der Waals surface area contributed by atoms with E-state index in [0.29, 0.717) is 6.07 Å². The van der Waals surface area contributed by atoms with Crippen LogP contribution < -0.4 is 0 Å². The second-order valence-corrected chi connectivity index (χ2v) is 3.82. The summed E-state index contributed by atoms with van der Waals surface area (Å²) >= 11 is 0. The van der Waals surface area contributed by atoms with Gasteiger partial charge in [0, 0.05) is 12.5 Å². The molecule has 2 aromatic carbocycles. The third kappa shape index (κ3) is 2.59. The number of hydrogen-bond donors (Lipinski definition) is 0. The molecule has 0 atom stereocenters. The van der Waals surface area contributed by atoms with Crippen LogP contribution >= 0.6 is 0 Å². The molecule has 0 unspecified atom stereocenters. The van der Waals surface area contributed by atoms with Gasteiger partial charge < -0.3 is 0 Å². The van der Waals surface area contributed by atoms with Crippen LogP contribution in [0, 0.1) is 17.5 Å². The van der Waals surface area contributed by atoms with Crippen molar-refractivity contribution in [2.24, 2.45) is 0 Å². The Morgan fingerprint density at radius 2 is 1.67 bits per heavy atom. The Kier molecular flexibility index (Phi) is 3.46. The Balaban J connectivity index is 2.24. The van der Waals surface area contributed by atoms with Crippen LogP contribution in [0.25, 0.3) is 0 Å². The predicted molar refractivity (Wildman–Crippen MR) is 60.8 cm³/mol. The largest absolute Gasteiger partial charge is 0.294 e. The minimum absolute atomic E-state index is 0.0460. The molecule has 0 aromatic heterocycles. The average molecular weight is 250 g/mol. The SMILES string of the molecule is O=C(Cc1ccc(F)cc1F)c1ccccc1F. The summed E-state index contributed by atoms with van der Waals surface area (Å²) in [6.07, 6.45) is -0.299. The van der Waals surface area contributed by atoms with E-state index in [1.807, 2.05) is 0 Å². The Morgan fingerprint density at radius 3 is 2.33 bits per heavy atom. The maximum atomic E-state index is 13.3. The summed E-state index contributed by atoms with van der Waals surface area (Å²) in [4.78, 5) is 11.8. The summed E-state index contributed by atoms with van der Waals surface area (Å²) in [6, 6.07) is 8.43. The summed E-state index contributed by atoms with van der Waals surface area (Å²) in [5, 5.41) is 0. The molecule has 0 radical (unpaired) electrons. The van der Waals surface area contributed by atoms with Crippen LogP contribution in [-0.2, 0) is 6.42 Å². The Hall–Kier alpha value is -2.10. The lowest BCUT2D eigenvalue weighted by molar-refractivity contribution is 0.0988. The molecule has 4 heteroatoms. The molecule has 1 nitrogen and oxygen atoms in total. The van der Waals surface area contributed by atoms with Crippen molar-refractivity contribution in [1.29, 1.82) is 0 Å². The van der Waals surface area contributed by atoms with Crippen molar-refractivity contribution in [3.63, 3.8) is 0 Å². The smallest absolute Gasteiger partial charge is 0.170 e. The normalized spacial score (nSPS) is 10.4. The maximum absolute atomic E-state index is 13.3. The number of Topliss-reactive ketones (excluding diaryl/α,β-unsaturated/α-hetero) is 1. The quantitative estimate of drug-likeness (QED) is 0.761. The molecule has 18 heavy (non-hydrogen) atoms. The zero-order valence-corrected chi connectivity index (χ0v) is 9.29. The van der Waals surface area contributed by atoms with Crippen LogP contribution in [0.3, 0.4) is 0 Å². The van der Waals surface area contributed by atoms with Gasteiger partial charge in [-0.3, -0.25) is 4.79 Å². The summed E-state index contributed by atoms with van der Waals surface area (Å²) in [6.45, 7) is 0. The van der Waals surface area contributed by atoms with E-state index in [0.717, 1.165) is 12.1 Å². The van der Waals surface area contributed by atoms with Crippen LogP contribution in [0.4, 0.5) is 13.2 Å². The molecule has 0 fully saturated rings. The fourth-order valence-electron chi connectivity index (χ4n) is 1.62. The van der Waals surface area contributed by atoms with Crippen molar-refractivity contribution in [2.45, 2.75) is 6.42 Å². The highest BCUT2D eigenvalue weighted by molar-refractivity contribution is 5.97. The first-order chi connectivity index (χ1) is 8.58. The van der Waals surface area contributed by atoms with Crippen LogP contribution in [0.15, 0.2) is 42.5 Å². The Bertz CT molecular complexity index is 593. The molecular formula is C14H9F3O. The number of carbonyl (C=O) groups is 1. The van der Waals surface area contributed by atoms with E-state index in [1.165, 1.54) is 24.3 Å². The van der Waals surface area contributed by atoms with Gasteiger partial charge in [0.25, 0.3) is 0 Å². The zero-order valence-electron chi connectivity index (χ0n) is 9.29. The molecule has 0 aliphatic rings. The lowest BCUT2D eigenvalue weighted by Gasteiger charge is -2.04. The molecule has 0 saturated heterocycles. The molecule has 0 spiro atoms. The second kappa shape index (κ2) is 5.04. The van der Waals surface area contributed by atoms with Crippen LogP contribution in [-0.4, -0.2) is 5.78 Å². The summed E-state index contributed by atoms with van der Waals surface area (Å²) in [5.41, 5.74) is -0.0501. The lowest BCUT2D eigenvalue weighted by atomic mass is 10.0. The van der Waals surface area contributed by atoms with E-state index < -0.39 is 23.2 Å². The highest BCUT2D eigenvalue weighted by Crippen LogP contribution is 2.14. The molecule has 0 amide bonds. The van der Waals surface area contributed by atoms with Crippen molar-refractivity contribution >= 4 is 5.78 Å². The molecule has 0 saturated carbocycles. The third-order valence-electron chi connectivity index (χ3n) is 2.54. The van der Waals surface area contributed by atoms with Crippen molar-refractivity contribution in [3.05, 3.63) is 71.0 Å². The minimum atomic E-state index is -0.806. The van der Waals surface area contributed by atoms with E-state index in [1.54, 1.807) is 0 Å². The van der Waals surface area contributed by atoms with Gasteiger partial charge in [0.15, 0.2) is 5.78 Å². The first kappa shape index (κ1) is 12.4. The van der Waals surface area contributed by atoms with Gasteiger partial charge in [-0.15, -0.1) is 0 Å². The monoisotopic (exact) mass is 250 g/mol. The number of carbonyl (C=O) groups excluding carboxylic acids is 1. The average Bonchev–Trinajstić information content (AvgIpc) is 2.33. The van der Waals surface area contributed by atoms with Gasteiger partial charge in [-0.25, -0.2) is 13.2 Å². The standard InChI is InChI=1S/C14H9F3O/c15-10-6-5-9(13(17)8-10)7-14(18)11-3-1-2-4-12(11)16/h1-6,8H,7H2. The topological polar surface area (TPSA) is 17.1 Å². The van der Waals surface area contributed by atoms with Gasteiger partial charge in [-0.2, -0.15) is 0 Å². The maximum Gasteiger partial charge on any atom is 0.170 e. The molecule has 2 aromatic rings. The van der Waals surface area contributed by atoms with Gasteiger partial charge >= 0.3 is 0 Å². The summed E-state index contributed by atoms with van der Waals surface area (Å²) in [7, 11) is 0. The lowest BCUT2D eigenvalue weighted by Crippen LogP contribution is -2.07. The molecule has 92 valence electrons. The summed E-state index contributed by atoms with van der Waals surface area (Å²) in [5.74, 6) is -2.71. The van der Waals surface area contributed by atoms with Crippen LogP contribution in [0.2, 0.25) is 0 Å². The van der Waals surface area contributed by atoms with Gasteiger partial charge in [0.2, 0.25) is 0 Å². The second-order valence-electron chi connectivity index (χ2n) is 3.82. The van der Waals surface area contributed by atoms with E-state index in [9.17, 15) is 18.0 Å². The van der Waals surface area contributed by atoms with Crippen molar-refractivity contribution in [3.8, 4) is 0 Å². The molecule has 0 bridgehead atoms. The van der Waals surface area contributed by atoms with Gasteiger partial charge in [-0.1, -0.05) is 18.2 Å². The number of rotatable bonds is 3. The van der Waals surface area contributed by atoms with Gasteiger partial charge in [0.1, 0.15) is 17.5 Å². The predicted octanol–water partition coefficient (Wildman–Crippen LogP) is 3.53. The third-order valence-corrected chi connectivity index (χ3v) is 2.54. The Morgan fingerprint density at radius 1 is 0.944 bits per heavy atom. The number of ketones is 1. The molecular weight excluding hydrogens is 241 g/mol. The van der Waals surface area contributed by atoms with Crippen molar-refractivity contribution < 1.29 is 18.0 Å². The number of benzene rings is 2. The van der Waals surface area contributed by atoms with Crippen LogP contribution in [0.5, 0.6) is 0 Å². The van der Waals surface area contributed by atoms with Crippen molar-refractivity contribution in [2.75, 3.05) is 0 Å². The van der Waals surface area contributed by atoms with Gasteiger partial charge in [0.05, 0.1) is 5.56 Å². The highest BCUT2D eigenvalue weighted by Gasteiger charge is 2.14. The van der Waals surface area contributed by atoms with Gasteiger partial charge in [-0.05, 0) is 23.8 Å². The fourth-order valence-corrected chi connectivity index (χ4v) is 1.62. The van der Waals surface area contributed by atoms with E-state index in [2.05, 4.69) is 0 Å². The number of halogens is 3. The molecule has 0 aliphatic heterocycles. The fraction of sp³-hybridized carbons (Fsp3) is 0.0714. The Labute approximate surface area is 102 Å². The molecule has 2 rings (SSSR count).